The van der Waals surface area contributed by atoms with Crippen LogP contribution in [-0.2, 0) is 6.18 Å². The lowest BCUT2D eigenvalue weighted by Crippen LogP contribution is -2.06. The quantitative estimate of drug-likeness (QED) is 0.744. The maximum absolute atomic E-state index is 12.5. The Morgan fingerprint density at radius 1 is 0.952 bits per heavy atom. The summed E-state index contributed by atoms with van der Waals surface area (Å²) < 4.78 is 37.6. The van der Waals surface area contributed by atoms with Crippen molar-refractivity contribution >= 4 is 10.9 Å². The molecule has 3 rings (SSSR count). The topological polar surface area (TPSA) is 45.8 Å². The largest absolute Gasteiger partial charge is 0.416 e. The zero-order valence-corrected chi connectivity index (χ0v) is 10.6. The molecule has 1 aromatic heterocycles. The Morgan fingerprint density at radius 2 is 1.62 bits per heavy atom. The molecule has 0 aliphatic heterocycles. The van der Waals surface area contributed by atoms with Crippen molar-refractivity contribution in [3.63, 3.8) is 0 Å². The summed E-state index contributed by atoms with van der Waals surface area (Å²) in [6, 6.07) is 9.83. The van der Waals surface area contributed by atoms with Crippen LogP contribution in [0, 0.1) is 0 Å². The normalized spacial score (nSPS) is 11.8. The van der Waals surface area contributed by atoms with E-state index < -0.39 is 11.7 Å². The first-order valence-corrected chi connectivity index (χ1v) is 6.10. The molecule has 0 saturated carbocycles. The number of H-pyrrole nitrogens is 1. The van der Waals surface area contributed by atoms with Gasteiger partial charge in [0.05, 0.1) is 22.8 Å². The van der Waals surface area contributed by atoms with Crippen molar-refractivity contribution in [2.75, 3.05) is 0 Å². The molecule has 106 valence electrons. The summed E-state index contributed by atoms with van der Waals surface area (Å²) in [7, 11) is 0. The van der Waals surface area contributed by atoms with Crippen LogP contribution in [0.2, 0.25) is 0 Å². The minimum Gasteiger partial charge on any atom is -0.313 e. The van der Waals surface area contributed by atoms with Gasteiger partial charge in [0.2, 0.25) is 0 Å². The van der Waals surface area contributed by atoms with E-state index in [0.29, 0.717) is 22.0 Å². The van der Waals surface area contributed by atoms with Crippen molar-refractivity contribution in [3.05, 3.63) is 64.7 Å². The van der Waals surface area contributed by atoms with Gasteiger partial charge in [0.25, 0.3) is 5.56 Å². The fourth-order valence-corrected chi connectivity index (χ4v) is 2.10. The zero-order chi connectivity index (χ0) is 15.0. The first kappa shape index (κ1) is 13.4. The van der Waals surface area contributed by atoms with Gasteiger partial charge in [0.1, 0.15) is 0 Å². The summed E-state index contributed by atoms with van der Waals surface area (Å²) in [4.78, 5) is 18.1. The number of hydrogen-bond donors (Lipinski definition) is 1. The summed E-state index contributed by atoms with van der Waals surface area (Å²) in [6.45, 7) is 0. The molecule has 0 unspecified atom stereocenters. The van der Waals surface area contributed by atoms with Gasteiger partial charge in [-0.1, -0.05) is 18.2 Å². The van der Waals surface area contributed by atoms with E-state index in [2.05, 4.69) is 9.97 Å². The van der Waals surface area contributed by atoms with Crippen molar-refractivity contribution in [2.45, 2.75) is 6.18 Å². The van der Waals surface area contributed by atoms with E-state index >= 15 is 0 Å². The van der Waals surface area contributed by atoms with E-state index in [0.717, 1.165) is 12.1 Å². The van der Waals surface area contributed by atoms with Crippen molar-refractivity contribution < 1.29 is 13.2 Å². The third-order valence-electron chi connectivity index (χ3n) is 3.19. The van der Waals surface area contributed by atoms with Gasteiger partial charge in [-0.05, 0) is 35.4 Å². The highest BCUT2D eigenvalue weighted by atomic mass is 19.4. The number of alkyl halides is 3. The lowest BCUT2D eigenvalue weighted by Gasteiger charge is -2.08. The molecule has 3 aromatic rings. The fraction of sp³-hybridized carbons (Fsp3) is 0.0667. The highest BCUT2D eigenvalue weighted by Gasteiger charge is 2.29. The number of nitrogens with zero attached hydrogens (tertiary/aromatic N) is 1. The predicted molar refractivity (Wildman–Crippen MR) is 72.8 cm³/mol. The Morgan fingerprint density at radius 3 is 2.29 bits per heavy atom. The van der Waals surface area contributed by atoms with Crippen LogP contribution in [0.3, 0.4) is 0 Å². The van der Waals surface area contributed by atoms with Crippen molar-refractivity contribution in [3.8, 4) is 11.1 Å². The Kier molecular flexibility index (Phi) is 3.01. The molecule has 0 saturated heterocycles. The SMILES string of the molecule is O=c1[nH]cnc2cc(-c3ccc(C(F)(F)F)cc3)ccc12. The van der Waals surface area contributed by atoms with Crippen LogP contribution >= 0.6 is 0 Å². The van der Waals surface area contributed by atoms with Crippen molar-refractivity contribution in [1.82, 2.24) is 9.97 Å². The summed E-state index contributed by atoms with van der Waals surface area (Å²) >= 11 is 0. The molecule has 0 aliphatic rings. The van der Waals surface area contributed by atoms with Gasteiger partial charge < -0.3 is 4.98 Å². The number of aromatic nitrogens is 2. The van der Waals surface area contributed by atoms with Crippen molar-refractivity contribution in [1.29, 1.82) is 0 Å². The smallest absolute Gasteiger partial charge is 0.313 e. The fourth-order valence-electron chi connectivity index (χ4n) is 2.10. The summed E-state index contributed by atoms with van der Waals surface area (Å²) in [5.74, 6) is 0. The molecule has 3 nitrogen and oxygen atoms in total. The molecule has 0 bridgehead atoms. The second-order valence-corrected chi connectivity index (χ2v) is 4.54. The van der Waals surface area contributed by atoms with Gasteiger partial charge in [0.15, 0.2) is 0 Å². The molecule has 0 aliphatic carbocycles. The molecule has 21 heavy (non-hydrogen) atoms. The third kappa shape index (κ3) is 2.52. The first-order valence-electron chi connectivity index (χ1n) is 6.10. The summed E-state index contributed by atoms with van der Waals surface area (Å²) in [6.07, 6.45) is -3.06. The molecule has 0 radical (unpaired) electrons. The molecule has 1 N–H and O–H groups in total. The molecular formula is C15H9F3N2O. The Labute approximate surface area is 117 Å². The van der Waals surface area contributed by atoms with Gasteiger partial charge in [-0.3, -0.25) is 4.79 Å². The lowest BCUT2D eigenvalue weighted by atomic mass is 10.0. The predicted octanol–water partition coefficient (Wildman–Crippen LogP) is 3.61. The maximum Gasteiger partial charge on any atom is 0.416 e. The van der Waals surface area contributed by atoms with E-state index in [9.17, 15) is 18.0 Å². The van der Waals surface area contributed by atoms with Crippen LogP contribution in [0.15, 0.2) is 53.6 Å². The molecule has 0 amide bonds. The molecule has 0 atom stereocenters. The lowest BCUT2D eigenvalue weighted by molar-refractivity contribution is -0.137. The summed E-state index contributed by atoms with van der Waals surface area (Å²) in [5.41, 5.74) is 0.887. The van der Waals surface area contributed by atoms with Crippen LogP contribution in [0.4, 0.5) is 13.2 Å². The maximum atomic E-state index is 12.5. The van der Waals surface area contributed by atoms with Gasteiger partial charge in [-0.15, -0.1) is 0 Å². The molecule has 2 aromatic carbocycles. The van der Waals surface area contributed by atoms with E-state index in [4.69, 9.17) is 0 Å². The number of halogens is 3. The molecule has 6 heteroatoms. The van der Waals surface area contributed by atoms with Gasteiger partial charge in [-0.2, -0.15) is 13.2 Å². The standard InChI is InChI=1S/C15H9F3N2O/c16-15(17,18)11-4-1-9(2-5-11)10-3-6-12-13(7-10)19-8-20-14(12)21/h1-8H,(H,19,20,21). The molecular weight excluding hydrogens is 281 g/mol. The minimum atomic E-state index is -4.35. The zero-order valence-electron chi connectivity index (χ0n) is 10.6. The van der Waals surface area contributed by atoms with Crippen LogP contribution in [-0.4, -0.2) is 9.97 Å². The number of fused-ring (bicyclic) bond motifs is 1. The Balaban J connectivity index is 2.06. The monoisotopic (exact) mass is 290 g/mol. The van der Waals surface area contributed by atoms with Gasteiger partial charge >= 0.3 is 6.18 Å². The van der Waals surface area contributed by atoms with Crippen LogP contribution in [0.1, 0.15) is 5.56 Å². The number of aromatic amines is 1. The average molecular weight is 290 g/mol. The Hall–Kier alpha value is -2.63. The Bertz CT molecular complexity index is 851. The van der Waals surface area contributed by atoms with E-state index in [1.54, 1.807) is 18.2 Å². The molecule has 0 spiro atoms. The van der Waals surface area contributed by atoms with Crippen LogP contribution < -0.4 is 5.56 Å². The van der Waals surface area contributed by atoms with Crippen LogP contribution in [0.25, 0.3) is 22.0 Å². The van der Waals surface area contributed by atoms with E-state index in [1.807, 2.05) is 0 Å². The van der Waals surface area contributed by atoms with E-state index in [-0.39, 0.29) is 5.56 Å². The third-order valence-corrected chi connectivity index (χ3v) is 3.19. The van der Waals surface area contributed by atoms with E-state index in [1.165, 1.54) is 18.5 Å². The summed E-state index contributed by atoms with van der Waals surface area (Å²) in [5, 5.41) is 0.438. The minimum absolute atomic E-state index is 0.251. The molecule has 1 heterocycles. The second-order valence-electron chi connectivity index (χ2n) is 4.54. The number of nitrogens with one attached hydrogen (secondary N) is 1. The highest BCUT2D eigenvalue weighted by Crippen LogP contribution is 2.31. The van der Waals surface area contributed by atoms with Gasteiger partial charge in [-0.25, -0.2) is 4.98 Å². The average Bonchev–Trinajstić information content (AvgIpc) is 2.46. The van der Waals surface area contributed by atoms with Crippen LogP contribution in [0.5, 0.6) is 0 Å². The number of rotatable bonds is 1. The van der Waals surface area contributed by atoms with Gasteiger partial charge in [0, 0.05) is 0 Å². The second kappa shape index (κ2) is 4.73. The number of benzene rings is 2. The van der Waals surface area contributed by atoms with Crippen molar-refractivity contribution in [2.24, 2.45) is 0 Å². The highest BCUT2D eigenvalue weighted by molar-refractivity contribution is 5.83. The first-order chi connectivity index (χ1) is 9.95. The molecule has 0 fully saturated rings. The number of hydrogen-bond acceptors (Lipinski definition) is 2.